The number of rotatable bonds is 17. The van der Waals surface area contributed by atoms with Crippen molar-refractivity contribution in [1.82, 2.24) is 10.6 Å². The summed E-state index contributed by atoms with van der Waals surface area (Å²) in [6, 6.07) is 15.6. The summed E-state index contributed by atoms with van der Waals surface area (Å²) < 4.78 is 16.4. The summed E-state index contributed by atoms with van der Waals surface area (Å²) in [7, 11) is 4.54. The van der Waals surface area contributed by atoms with Crippen LogP contribution in [0, 0.1) is 0 Å². The molecule has 0 bridgehead atoms. The van der Waals surface area contributed by atoms with Gasteiger partial charge < -0.3 is 40.4 Å². The largest absolute Gasteiger partial charge is 0.493 e. The van der Waals surface area contributed by atoms with E-state index in [1.54, 1.807) is 36.2 Å². The second kappa shape index (κ2) is 18.6. The molecule has 272 valence electrons. The molecule has 1 heterocycles. The third kappa shape index (κ3) is 10.6. The number of hydrogen-bond donors (Lipinski definition) is 4. The minimum absolute atomic E-state index is 0.0918. The van der Waals surface area contributed by atoms with Gasteiger partial charge in [-0.25, -0.2) is 0 Å². The zero-order valence-electron chi connectivity index (χ0n) is 29.2. The van der Waals surface area contributed by atoms with E-state index in [0.29, 0.717) is 53.4 Å². The fourth-order valence-corrected chi connectivity index (χ4v) is 5.75. The van der Waals surface area contributed by atoms with Crippen LogP contribution in [0.5, 0.6) is 11.5 Å². The first-order chi connectivity index (χ1) is 24.6. The molecule has 13 nitrogen and oxygen atoms in total. The van der Waals surface area contributed by atoms with Crippen LogP contribution < -0.4 is 35.6 Å². The number of nitrogens with one attached hydrogen (secondary N) is 4. The van der Waals surface area contributed by atoms with Gasteiger partial charge >= 0.3 is 5.97 Å². The molecule has 0 fully saturated rings. The number of para-hydroxylation sites is 1. The van der Waals surface area contributed by atoms with Gasteiger partial charge in [-0.1, -0.05) is 24.3 Å². The van der Waals surface area contributed by atoms with Gasteiger partial charge in [0.1, 0.15) is 12.6 Å². The van der Waals surface area contributed by atoms with Gasteiger partial charge in [-0.2, -0.15) is 0 Å². The molecule has 0 aromatic heterocycles. The molecular weight excluding hydrogens is 678 g/mol. The van der Waals surface area contributed by atoms with Crippen molar-refractivity contribution in [3.8, 4) is 11.5 Å². The number of amides is 4. The zero-order valence-corrected chi connectivity index (χ0v) is 30.0. The third-order valence-electron chi connectivity index (χ3n) is 8.28. The number of anilines is 3. The number of unbranched alkanes of at least 4 members (excludes halogenated alkanes) is 1. The minimum Gasteiger partial charge on any atom is -0.493 e. The highest BCUT2D eigenvalue weighted by molar-refractivity contribution is 6.17. The molecule has 0 radical (unpaired) electrons. The van der Waals surface area contributed by atoms with Crippen LogP contribution in [0.25, 0.3) is 0 Å². The lowest BCUT2D eigenvalue weighted by Crippen LogP contribution is -2.45. The highest BCUT2D eigenvalue weighted by atomic mass is 35.5. The predicted octanol–water partition coefficient (Wildman–Crippen LogP) is 4.55. The maximum absolute atomic E-state index is 13.7. The van der Waals surface area contributed by atoms with Crippen LogP contribution in [0.1, 0.15) is 59.7 Å². The molecule has 4 N–H and O–H groups in total. The lowest BCUT2D eigenvalue weighted by molar-refractivity contribution is -0.140. The number of halogens is 1. The molecule has 0 saturated carbocycles. The second-order valence-electron chi connectivity index (χ2n) is 11.9. The van der Waals surface area contributed by atoms with Gasteiger partial charge in [0, 0.05) is 49.8 Å². The molecule has 1 atom stereocenters. The SMILES string of the molecule is CNc1cc(OCc2cc(CCl)cc(NC(=O)C(C)NC(=O)CNC(=O)CCCCC(=O)OC)c2)c(OC)cc1C(=O)N1CCc2ccccc21. The number of alkyl halides is 1. The summed E-state index contributed by atoms with van der Waals surface area (Å²) >= 11 is 6.17. The number of carbonyl (C=O) groups is 5. The number of carbonyl (C=O) groups excluding carboxylic acids is 5. The number of nitrogens with zero attached hydrogens (tertiary/aromatic N) is 1. The number of esters is 1. The van der Waals surface area contributed by atoms with Crippen molar-refractivity contribution in [2.24, 2.45) is 0 Å². The molecule has 1 aliphatic heterocycles. The number of benzene rings is 3. The zero-order chi connectivity index (χ0) is 36.9. The van der Waals surface area contributed by atoms with E-state index < -0.39 is 17.9 Å². The van der Waals surface area contributed by atoms with Gasteiger partial charge in [0.05, 0.1) is 32.0 Å². The molecule has 51 heavy (non-hydrogen) atoms. The van der Waals surface area contributed by atoms with E-state index in [1.165, 1.54) is 21.1 Å². The Morgan fingerprint density at radius 1 is 0.922 bits per heavy atom. The first-order valence-electron chi connectivity index (χ1n) is 16.6. The highest BCUT2D eigenvalue weighted by Crippen LogP contribution is 2.37. The second-order valence-corrected chi connectivity index (χ2v) is 12.2. The standard InChI is InChI=1S/C37H44ClN5O8/c1-23(41-34(45)21-40-33(44)11-7-8-12-35(46)50-4)36(47)42-27-16-24(20-38)15-25(17-27)22-51-32-19-29(39-2)28(18-31(32)49-3)37(48)43-14-13-26-9-5-6-10-30(26)43/h5-6,9-10,15-19,23,39H,7-8,11-14,20-22H2,1-4H3,(H,40,44)(H,41,45)(H,42,47). The van der Waals surface area contributed by atoms with Crippen molar-refractivity contribution in [3.05, 3.63) is 76.9 Å². The highest BCUT2D eigenvalue weighted by Gasteiger charge is 2.28. The normalized spacial score (nSPS) is 12.3. The van der Waals surface area contributed by atoms with Gasteiger partial charge in [0.2, 0.25) is 17.7 Å². The van der Waals surface area contributed by atoms with Crippen LogP contribution in [0.3, 0.4) is 0 Å². The van der Waals surface area contributed by atoms with E-state index in [2.05, 4.69) is 26.0 Å². The molecule has 0 spiro atoms. The molecule has 4 amide bonds. The van der Waals surface area contributed by atoms with Crippen molar-refractivity contribution in [2.45, 2.75) is 57.6 Å². The van der Waals surface area contributed by atoms with Gasteiger partial charge in [0.25, 0.3) is 5.91 Å². The Morgan fingerprint density at radius 2 is 1.67 bits per heavy atom. The predicted molar refractivity (Wildman–Crippen MR) is 194 cm³/mol. The van der Waals surface area contributed by atoms with Crippen molar-refractivity contribution < 1.29 is 38.2 Å². The summed E-state index contributed by atoms with van der Waals surface area (Å²) in [4.78, 5) is 64.0. The Balaban J connectivity index is 1.35. The number of fused-ring (bicyclic) bond motifs is 1. The first-order valence-corrected chi connectivity index (χ1v) is 17.1. The van der Waals surface area contributed by atoms with E-state index in [9.17, 15) is 24.0 Å². The summed E-state index contributed by atoms with van der Waals surface area (Å²) in [6.45, 7) is 1.91. The molecule has 0 aliphatic carbocycles. The van der Waals surface area contributed by atoms with Crippen molar-refractivity contribution in [3.63, 3.8) is 0 Å². The maximum atomic E-state index is 13.7. The Labute approximate surface area is 302 Å². The summed E-state index contributed by atoms with van der Waals surface area (Å²) in [5, 5.41) is 11.0. The van der Waals surface area contributed by atoms with Crippen molar-refractivity contribution >= 4 is 58.3 Å². The van der Waals surface area contributed by atoms with Crippen LogP contribution in [0.4, 0.5) is 17.1 Å². The Kier molecular flexibility index (Phi) is 14.1. The Bertz CT molecular complexity index is 1750. The maximum Gasteiger partial charge on any atom is 0.305 e. The summed E-state index contributed by atoms with van der Waals surface area (Å²) in [5.41, 5.74) is 4.93. The molecule has 0 saturated heterocycles. The molecule has 3 aromatic rings. The fourth-order valence-electron chi connectivity index (χ4n) is 5.60. The molecule has 1 aliphatic rings. The van der Waals surface area contributed by atoms with E-state index in [1.807, 2.05) is 30.3 Å². The van der Waals surface area contributed by atoms with Crippen molar-refractivity contribution in [1.29, 1.82) is 0 Å². The van der Waals surface area contributed by atoms with Crippen molar-refractivity contribution in [2.75, 3.05) is 49.9 Å². The van der Waals surface area contributed by atoms with E-state index in [0.717, 1.165) is 23.2 Å². The van der Waals surface area contributed by atoms with E-state index >= 15 is 0 Å². The molecule has 14 heteroatoms. The summed E-state index contributed by atoms with van der Waals surface area (Å²) in [5.74, 6) is -0.867. The van der Waals surface area contributed by atoms with Crippen LogP contribution in [0.2, 0.25) is 0 Å². The van der Waals surface area contributed by atoms with E-state index in [4.69, 9.17) is 21.1 Å². The van der Waals surface area contributed by atoms with Gasteiger partial charge in [-0.05, 0) is 67.1 Å². The lowest BCUT2D eigenvalue weighted by atomic mass is 10.1. The fraction of sp³-hybridized carbons (Fsp3) is 0.378. The first kappa shape index (κ1) is 38.5. The number of ether oxygens (including phenoxy) is 3. The Morgan fingerprint density at radius 3 is 2.39 bits per heavy atom. The Hall–Kier alpha value is -5.30. The number of methoxy groups -OCH3 is 2. The number of hydrogen-bond acceptors (Lipinski definition) is 9. The van der Waals surface area contributed by atoms with Crippen LogP contribution in [-0.4, -0.2) is 70.0 Å². The van der Waals surface area contributed by atoms with Gasteiger partial charge in [-0.15, -0.1) is 11.6 Å². The molecule has 4 rings (SSSR count). The van der Waals surface area contributed by atoms with Crippen LogP contribution in [-0.2, 0) is 42.8 Å². The molecule has 1 unspecified atom stereocenters. The third-order valence-corrected chi connectivity index (χ3v) is 8.59. The van der Waals surface area contributed by atoms with E-state index in [-0.39, 0.29) is 49.7 Å². The smallest absolute Gasteiger partial charge is 0.305 e. The quantitative estimate of drug-likeness (QED) is 0.0890. The molecular formula is C37H44ClN5O8. The van der Waals surface area contributed by atoms with Gasteiger partial charge in [-0.3, -0.25) is 24.0 Å². The lowest BCUT2D eigenvalue weighted by Gasteiger charge is -2.21. The average Bonchev–Trinajstić information content (AvgIpc) is 3.58. The van der Waals surface area contributed by atoms with Crippen LogP contribution in [0.15, 0.2) is 54.6 Å². The minimum atomic E-state index is -0.909. The van der Waals surface area contributed by atoms with Gasteiger partial charge in [0.15, 0.2) is 11.5 Å². The molecule has 3 aromatic carbocycles. The average molecular weight is 722 g/mol. The summed E-state index contributed by atoms with van der Waals surface area (Å²) in [6.07, 6.45) is 2.14. The topological polar surface area (TPSA) is 164 Å². The van der Waals surface area contributed by atoms with Crippen LogP contribution >= 0.6 is 11.6 Å². The monoisotopic (exact) mass is 721 g/mol.